The van der Waals surface area contributed by atoms with Gasteiger partial charge in [-0.15, -0.1) is 12.4 Å². The zero-order chi connectivity index (χ0) is 17.0. The molecule has 0 aliphatic carbocycles. The van der Waals surface area contributed by atoms with Crippen LogP contribution in [0.3, 0.4) is 0 Å². The van der Waals surface area contributed by atoms with Gasteiger partial charge in [0.15, 0.2) is 0 Å². The van der Waals surface area contributed by atoms with Crippen molar-refractivity contribution >= 4 is 35.8 Å². The molecular weight excluding hydrogens is 349 g/mol. The van der Waals surface area contributed by atoms with Gasteiger partial charge < -0.3 is 16.0 Å². The van der Waals surface area contributed by atoms with Crippen LogP contribution in [0.2, 0.25) is 5.02 Å². The molecule has 0 aromatic heterocycles. The summed E-state index contributed by atoms with van der Waals surface area (Å²) >= 11 is 6.06. The van der Waals surface area contributed by atoms with Crippen molar-refractivity contribution in [1.82, 2.24) is 10.2 Å². The summed E-state index contributed by atoms with van der Waals surface area (Å²) in [6.45, 7) is 5.80. The average Bonchev–Trinajstić information content (AvgIpc) is 3.01. The van der Waals surface area contributed by atoms with Crippen molar-refractivity contribution in [3.8, 4) is 0 Å². The second-order valence-electron chi connectivity index (χ2n) is 6.35. The quantitative estimate of drug-likeness (QED) is 0.831. The molecule has 7 heteroatoms. The summed E-state index contributed by atoms with van der Waals surface area (Å²) in [5.41, 5.74) is 6.07. The maximum absolute atomic E-state index is 12.7. The van der Waals surface area contributed by atoms with Crippen LogP contribution in [-0.4, -0.2) is 42.4 Å². The fourth-order valence-corrected chi connectivity index (χ4v) is 3.02. The fourth-order valence-electron chi connectivity index (χ4n) is 2.80. The molecule has 1 saturated heterocycles. The summed E-state index contributed by atoms with van der Waals surface area (Å²) in [5.74, 6) is -0.0227. The Labute approximate surface area is 154 Å². The minimum Gasteiger partial charge on any atom is -0.341 e. The van der Waals surface area contributed by atoms with E-state index in [1.165, 1.54) is 0 Å². The summed E-state index contributed by atoms with van der Waals surface area (Å²) in [6.07, 6.45) is 0.922. The number of nitrogens with one attached hydrogen (secondary N) is 1. The van der Waals surface area contributed by atoms with Crippen molar-refractivity contribution in [1.29, 1.82) is 0 Å². The standard InChI is InChI=1S/C17H24ClN3O2.ClH/c1-11(2)15(17(23)21-8-7-12(9-19)10-21)20-16(22)13-5-3-4-6-14(13)18;/h3-6,11-12,15H,7-10,19H2,1-2H3,(H,20,22);1H. The molecule has 0 bridgehead atoms. The van der Waals surface area contributed by atoms with Gasteiger partial charge in [0.25, 0.3) is 5.91 Å². The van der Waals surface area contributed by atoms with Gasteiger partial charge >= 0.3 is 0 Å². The minimum atomic E-state index is -0.560. The zero-order valence-electron chi connectivity index (χ0n) is 14.0. The van der Waals surface area contributed by atoms with Gasteiger partial charge in [-0.2, -0.15) is 0 Å². The molecule has 0 radical (unpaired) electrons. The Morgan fingerprint density at radius 3 is 2.58 bits per heavy atom. The molecule has 24 heavy (non-hydrogen) atoms. The fraction of sp³-hybridized carbons (Fsp3) is 0.529. The Kier molecular flexibility index (Phi) is 8.00. The number of carbonyl (C=O) groups excluding carboxylic acids is 2. The highest BCUT2D eigenvalue weighted by Crippen LogP contribution is 2.19. The molecule has 0 saturated carbocycles. The zero-order valence-corrected chi connectivity index (χ0v) is 15.6. The molecule has 0 spiro atoms. The van der Waals surface area contributed by atoms with Crippen molar-refractivity contribution in [3.05, 3.63) is 34.9 Å². The molecule has 3 N–H and O–H groups in total. The molecular formula is C17H25Cl2N3O2. The van der Waals surface area contributed by atoms with E-state index >= 15 is 0 Å². The molecule has 2 rings (SSSR count). The van der Waals surface area contributed by atoms with E-state index in [0.29, 0.717) is 36.1 Å². The molecule has 1 aromatic carbocycles. The first-order valence-electron chi connectivity index (χ1n) is 7.98. The smallest absolute Gasteiger partial charge is 0.253 e. The molecule has 1 fully saturated rings. The Hall–Kier alpha value is -1.30. The number of nitrogens with zero attached hydrogens (tertiary/aromatic N) is 1. The molecule has 1 aliphatic heterocycles. The average molecular weight is 374 g/mol. The van der Waals surface area contributed by atoms with Gasteiger partial charge in [-0.05, 0) is 36.9 Å². The van der Waals surface area contributed by atoms with Gasteiger partial charge in [0.2, 0.25) is 5.91 Å². The predicted octanol–water partition coefficient (Wildman–Crippen LogP) is 2.32. The molecule has 1 heterocycles. The monoisotopic (exact) mass is 373 g/mol. The lowest BCUT2D eigenvalue weighted by Gasteiger charge is -2.27. The Morgan fingerprint density at radius 1 is 1.38 bits per heavy atom. The van der Waals surface area contributed by atoms with Crippen LogP contribution in [0, 0.1) is 11.8 Å². The van der Waals surface area contributed by atoms with Crippen LogP contribution in [0.25, 0.3) is 0 Å². The third-order valence-corrected chi connectivity index (χ3v) is 4.60. The highest BCUT2D eigenvalue weighted by atomic mass is 35.5. The molecule has 1 aliphatic rings. The minimum absolute atomic E-state index is 0. The number of hydrogen-bond donors (Lipinski definition) is 2. The van der Waals surface area contributed by atoms with Crippen LogP contribution in [0.1, 0.15) is 30.6 Å². The van der Waals surface area contributed by atoms with Crippen LogP contribution in [0.5, 0.6) is 0 Å². The Bertz CT molecular complexity index is 581. The van der Waals surface area contributed by atoms with Crippen molar-refractivity contribution in [3.63, 3.8) is 0 Å². The summed E-state index contributed by atoms with van der Waals surface area (Å²) in [5, 5.41) is 3.22. The predicted molar refractivity (Wildman–Crippen MR) is 98.5 cm³/mol. The van der Waals surface area contributed by atoms with Crippen molar-refractivity contribution in [2.45, 2.75) is 26.3 Å². The summed E-state index contributed by atoms with van der Waals surface area (Å²) in [6, 6.07) is 6.27. The van der Waals surface area contributed by atoms with E-state index in [4.69, 9.17) is 17.3 Å². The van der Waals surface area contributed by atoms with E-state index < -0.39 is 6.04 Å². The SMILES string of the molecule is CC(C)C(NC(=O)c1ccccc1Cl)C(=O)N1CCC(CN)C1.Cl. The summed E-state index contributed by atoms with van der Waals surface area (Å²) in [4.78, 5) is 27.0. The number of rotatable bonds is 5. The van der Waals surface area contributed by atoms with Crippen LogP contribution < -0.4 is 11.1 Å². The van der Waals surface area contributed by atoms with Crippen molar-refractivity contribution in [2.75, 3.05) is 19.6 Å². The van der Waals surface area contributed by atoms with Gasteiger partial charge in [0, 0.05) is 13.1 Å². The van der Waals surface area contributed by atoms with Crippen molar-refractivity contribution in [2.24, 2.45) is 17.6 Å². The first-order valence-corrected chi connectivity index (χ1v) is 8.36. The van der Waals surface area contributed by atoms with Crippen LogP contribution in [-0.2, 0) is 4.79 Å². The Morgan fingerprint density at radius 2 is 2.04 bits per heavy atom. The van der Waals surface area contributed by atoms with Crippen LogP contribution in [0.4, 0.5) is 0 Å². The number of amides is 2. The van der Waals surface area contributed by atoms with Gasteiger partial charge in [-0.3, -0.25) is 9.59 Å². The first kappa shape index (κ1) is 20.7. The molecule has 2 atom stereocenters. The van der Waals surface area contributed by atoms with Crippen LogP contribution >= 0.6 is 24.0 Å². The lowest BCUT2D eigenvalue weighted by atomic mass is 10.0. The second-order valence-corrected chi connectivity index (χ2v) is 6.76. The maximum atomic E-state index is 12.7. The van der Waals surface area contributed by atoms with E-state index in [1.807, 2.05) is 13.8 Å². The second kappa shape index (κ2) is 9.25. The molecule has 134 valence electrons. The van der Waals surface area contributed by atoms with E-state index in [2.05, 4.69) is 5.32 Å². The highest BCUT2D eigenvalue weighted by Gasteiger charge is 2.33. The van der Waals surface area contributed by atoms with E-state index in [1.54, 1.807) is 29.2 Å². The van der Waals surface area contributed by atoms with E-state index in [9.17, 15) is 9.59 Å². The summed E-state index contributed by atoms with van der Waals surface area (Å²) in [7, 11) is 0. The number of benzene rings is 1. The topological polar surface area (TPSA) is 75.4 Å². The molecule has 2 amide bonds. The largest absolute Gasteiger partial charge is 0.341 e. The summed E-state index contributed by atoms with van der Waals surface area (Å²) < 4.78 is 0. The molecule has 2 unspecified atom stereocenters. The van der Waals surface area contributed by atoms with Crippen LogP contribution in [0.15, 0.2) is 24.3 Å². The van der Waals surface area contributed by atoms with E-state index in [0.717, 1.165) is 6.42 Å². The number of carbonyl (C=O) groups is 2. The van der Waals surface area contributed by atoms with Gasteiger partial charge in [-0.1, -0.05) is 37.6 Å². The number of hydrogen-bond acceptors (Lipinski definition) is 3. The number of halogens is 2. The number of nitrogens with two attached hydrogens (primary N) is 1. The molecule has 1 aromatic rings. The number of likely N-dealkylation sites (tertiary alicyclic amines) is 1. The first-order chi connectivity index (χ1) is 10.9. The highest BCUT2D eigenvalue weighted by molar-refractivity contribution is 6.33. The lowest BCUT2D eigenvalue weighted by molar-refractivity contribution is -0.133. The lowest BCUT2D eigenvalue weighted by Crippen LogP contribution is -2.50. The Balaban J connectivity index is 0.00000288. The van der Waals surface area contributed by atoms with Gasteiger partial charge in [-0.25, -0.2) is 0 Å². The van der Waals surface area contributed by atoms with Gasteiger partial charge in [0.1, 0.15) is 6.04 Å². The normalized spacial score (nSPS) is 18.2. The third-order valence-electron chi connectivity index (χ3n) is 4.27. The third kappa shape index (κ3) is 4.85. The van der Waals surface area contributed by atoms with Gasteiger partial charge in [0.05, 0.1) is 10.6 Å². The van der Waals surface area contributed by atoms with Crippen molar-refractivity contribution < 1.29 is 9.59 Å². The van der Waals surface area contributed by atoms with E-state index in [-0.39, 0.29) is 30.1 Å². The maximum Gasteiger partial charge on any atom is 0.253 e. The molecule has 5 nitrogen and oxygen atoms in total.